The van der Waals surface area contributed by atoms with Crippen LogP contribution in [0.2, 0.25) is 18.1 Å². The van der Waals surface area contributed by atoms with E-state index in [1.165, 1.54) is 0 Å². The highest BCUT2D eigenvalue weighted by Crippen LogP contribution is 2.56. The van der Waals surface area contributed by atoms with Crippen LogP contribution in [-0.2, 0) is 4.43 Å². The van der Waals surface area contributed by atoms with E-state index < -0.39 is 32.2 Å². The van der Waals surface area contributed by atoms with Crippen LogP contribution in [0.5, 0.6) is 0 Å². The lowest BCUT2D eigenvalue weighted by Crippen LogP contribution is -2.68. The van der Waals surface area contributed by atoms with E-state index in [4.69, 9.17) is 4.43 Å². The molecule has 1 saturated carbocycles. The Morgan fingerprint density at radius 1 is 0.808 bits per heavy atom. The van der Waals surface area contributed by atoms with Gasteiger partial charge in [-0.1, -0.05) is 27.7 Å². The quantitative estimate of drug-likeness (QED) is 0.391. The summed E-state index contributed by atoms with van der Waals surface area (Å²) < 4.78 is 89.3. The highest BCUT2D eigenvalue weighted by Gasteiger charge is 2.76. The fraction of sp³-hybridized carbons (Fsp3) is 1.00. The lowest BCUT2D eigenvalue weighted by atomic mass is 9.74. The molecule has 0 unspecified atom stereocenters. The fourth-order valence-electron chi connectivity index (χ4n) is 4.12. The standard InChI is InChI=1S/C17H31F6NOSi/c1-5-24-14-11-9-13(10-12-14)15(16(18,19)20,17(21,22)23)25-26(6-2,7-3)8-4/h13-14,24H,5-12H2,1-4H3. The van der Waals surface area contributed by atoms with Gasteiger partial charge in [0, 0.05) is 12.0 Å². The number of hydrogen-bond acceptors (Lipinski definition) is 2. The summed E-state index contributed by atoms with van der Waals surface area (Å²) in [4.78, 5) is 0. The van der Waals surface area contributed by atoms with Crippen molar-refractivity contribution in [2.45, 2.75) is 95.5 Å². The Balaban J connectivity index is 3.34. The molecule has 156 valence electrons. The Morgan fingerprint density at radius 2 is 1.23 bits per heavy atom. The van der Waals surface area contributed by atoms with Gasteiger partial charge in [0.05, 0.1) is 0 Å². The third kappa shape index (κ3) is 4.58. The van der Waals surface area contributed by atoms with Gasteiger partial charge in [-0.2, -0.15) is 26.3 Å². The molecule has 0 radical (unpaired) electrons. The average molecular weight is 408 g/mol. The van der Waals surface area contributed by atoms with Crippen LogP contribution < -0.4 is 5.32 Å². The summed E-state index contributed by atoms with van der Waals surface area (Å²) >= 11 is 0. The topological polar surface area (TPSA) is 21.3 Å². The molecule has 1 aliphatic carbocycles. The molecule has 2 nitrogen and oxygen atoms in total. The van der Waals surface area contributed by atoms with Gasteiger partial charge in [0.1, 0.15) is 0 Å². The van der Waals surface area contributed by atoms with Gasteiger partial charge in [-0.05, 0) is 50.4 Å². The summed E-state index contributed by atoms with van der Waals surface area (Å²) in [6.45, 7) is 7.43. The molecule has 0 bridgehead atoms. The first-order valence-electron chi connectivity index (χ1n) is 9.50. The van der Waals surface area contributed by atoms with Crippen molar-refractivity contribution < 1.29 is 30.8 Å². The Kier molecular flexibility index (Phi) is 8.05. The first kappa shape index (κ1) is 23.8. The molecular weight excluding hydrogens is 376 g/mol. The maximum absolute atomic E-state index is 14.0. The van der Waals surface area contributed by atoms with Crippen molar-refractivity contribution in [2.75, 3.05) is 6.54 Å². The van der Waals surface area contributed by atoms with E-state index in [1.807, 2.05) is 6.92 Å². The maximum Gasteiger partial charge on any atom is 0.425 e. The van der Waals surface area contributed by atoms with E-state index in [2.05, 4.69) is 5.32 Å². The van der Waals surface area contributed by atoms with Crippen LogP contribution in [0.3, 0.4) is 0 Å². The largest absolute Gasteiger partial charge is 0.425 e. The maximum atomic E-state index is 14.0. The Labute approximate surface area is 153 Å². The van der Waals surface area contributed by atoms with Crippen molar-refractivity contribution in [1.82, 2.24) is 5.32 Å². The molecule has 0 aromatic rings. The number of hydrogen-bond donors (Lipinski definition) is 1. The molecule has 0 aliphatic heterocycles. The lowest BCUT2D eigenvalue weighted by Gasteiger charge is -2.49. The molecule has 1 rings (SSSR count). The van der Waals surface area contributed by atoms with Crippen LogP contribution in [0.25, 0.3) is 0 Å². The Hall–Kier alpha value is -0.283. The molecule has 0 aromatic carbocycles. The molecule has 0 atom stereocenters. The zero-order valence-electron chi connectivity index (χ0n) is 16.0. The van der Waals surface area contributed by atoms with Crippen molar-refractivity contribution in [1.29, 1.82) is 0 Å². The zero-order valence-corrected chi connectivity index (χ0v) is 17.0. The molecule has 0 spiro atoms. The van der Waals surface area contributed by atoms with Crippen molar-refractivity contribution in [3.8, 4) is 0 Å². The predicted molar refractivity (Wildman–Crippen MR) is 92.5 cm³/mol. The van der Waals surface area contributed by atoms with Crippen molar-refractivity contribution in [2.24, 2.45) is 5.92 Å². The summed E-state index contributed by atoms with van der Waals surface area (Å²) in [5.74, 6) is -1.59. The minimum absolute atomic E-state index is 0.0269. The summed E-state index contributed by atoms with van der Waals surface area (Å²) in [5.41, 5.74) is -4.05. The second kappa shape index (κ2) is 8.81. The van der Waals surface area contributed by atoms with Gasteiger partial charge in [-0.15, -0.1) is 0 Å². The minimum atomic E-state index is -5.49. The van der Waals surface area contributed by atoms with Crippen molar-refractivity contribution in [3.05, 3.63) is 0 Å². The summed E-state index contributed by atoms with van der Waals surface area (Å²) in [7, 11) is -3.14. The minimum Gasteiger partial charge on any atom is -0.396 e. The summed E-state index contributed by atoms with van der Waals surface area (Å²) in [5, 5.41) is 3.12. The number of halogens is 6. The van der Waals surface area contributed by atoms with Gasteiger partial charge in [-0.3, -0.25) is 0 Å². The number of rotatable bonds is 8. The molecule has 0 heterocycles. The van der Waals surface area contributed by atoms with E-state index in [0.29, 0.717) is 19.4 Å². The normalized spacial score (nSPS) is 23.3. The van der Waals surface area contributed by atoms with Crippen molar-refractivity contribution in [3.63, 3.8) is 0 Å². The van der Waals surface area contributed by atoms with Gasteiger partial charge in [0.25, 0.3) is 5.60 Å². The molecule has 1 fully saturated rings. The van der Waals surface area contributed by atoms with E-state index in [-0.39, 0.29) is 37.0 Å². The van der Waals surface area contributed by atoms with Crippen LogP contribution in [0.4, 0.5) is 26.3 Å². The predicted octanol–water partition coefficient (Wildman–Crippen LogP) is 6.04. The first-order valence-corrected chi connectivity index (χ1v) is 12.0. The van der Waals surface area contributed by atoms with Crippen LogP contribution in [-0.4, -0.2) is 38.9 Å². The van der Waals surface area contributed by atoms with Gasteiger partial charge < -0.3 is 9.74 Å². The van der Waals surface area contributed by atoms with E-state index in [0.717, 1.165) is 0 Å². The second-order valence-corrected chi connectivity index (χ2v) is 11.9. The molecule has 9 heteroatoms. The van der Waals surface area contributed by atoms with Crippen LogP contribution in [0.1, 0.15) is 53.4 Å². The molecule has 1 aliphatic rings. The third-order valence-electron chi connectivity index (χ3n) is 5.95. The van der Waals surface area contributed by atoms with E-state index in [9.17, 15) is 26.3 Å². The summed E-state index contributed by atoms with van der Waals surface area (Å²) in [6.07, 6.45) is -10.7. The van der Waals surface area contributed by atoms with Crippen LogP contribution in [0, 0.1) is 5.92 Å². The Bertz CT molecular complexity index is 406. The molecule has 0 saturated heterocycles. The third-order valence-corrected chi connectivity index (χ3v) is 10.6. The molecular formula is C17H31F6NOSi. The molecule has 0 aromatic heterocycles. The highest BCUT2D eigenvalue weighted by molar-refractivity contribution is 6.73. The molecule has 0 amide bonds. The van der Waals surface area contributed by atoms with Crippen LogP contribution >= 0.6 is 0 Å². The number of nitrogens with one attached hydrogen (secondary N) is 1. The average Bonchev–Trinajstić information content (AvgIpc) is 2.56. The Morgan fingerprint density at radius 3 is 1.54 bits per heavy atom. The van der Waals surface area contributed by atoms with Gasteiger partial charge >= 0.3 is 12.4 Å². The van der Waals surface area contributed by atoms with Gasteiger partial charge in [0.2, 0.25) is 0 Å². The van der Waals surface area contributed by atoms with Gasteiger partial charge in [0.15, 0.2) is 8.32 Å². The monoisotopic (exact) mass is 407 g/mol. The second-order valence-electron chi connectivity index (χ2n) is 7.18. The smallest absolute Gasteiger partial charge is 0.396 e. The summed E-state index contributed by atoms with van der Waals surface area (Å²) in [6, 6.07) is 0.683. The first-order chi connectivity index (χ1) is 11.9. The molecule has 1 N–H and O–H groups in total. The number of alkyl halides is 6. The highest BCUT2D eigenvalue weighted by atomic mass is 28.4. The van der Waals surface area contributed by atoms with E-state index in [1.54, 1.807) is 20.8 Å². The zero-order chi connectivity index (χ0) is 20.2. The molecule has 26 heavy (non-hydrogen) atoms. The SMILES string of the molecule is CCNC1CCC(C(O[Si](CC)(CC)CC)(C(F)(F)F)C(F)(F)F)CC1. The van der Waals surface area contributed by atoms with Crippen LogP contribution in [0.15, 0.2) is 0 Å². The van der Waals surface area contributed by atoms with Crippen molar-refractivity contribution >= 4 is 8.32 Å². The lowest BCUT2D eigenvalue weighted by molar-refractivity contribution is -0.380. The van der Waals surface area contributed by atoms with Gasteiger partial charge in [-0.25, -0.2) is 0 Å². The van der Waals surface area contributed by atoms with E-state index >= 15 is 0 Å². The fourth-order valence-corrected chi connectivity index (χ4v) is 7.14.